The van der Waals surface area contributed by atoms with E-state index in [1.807, 2.05) is 6.92 Å². The van der Waals surface area contributed by atoms with Crippen LogP contribution in [0.5, 0.6) is 0 Å². The van der Waals surface area contributed by atoms with Crippen molar-refractivity contribution in [3.05, 3.63) is 40.2 Å². The van der Waals surface area contributed by atoms with Crippen molar-refractivity contribution in [3.8, 4) is 0 Å². The fraction of sp³-hybridized carbons (Fsp3) is 0.250. The van der Waals surface area contributed by atoms with Gasteiger partial charge >= 0.3 is 0 Å². The van der Waals surface area contributed by atoms with Gasteiger partial charge in [0.2, 0.25) is 0 Å². The van der Waals surface area contributed by atoms with E-state index < -0.39 is 10.0 Å². The first-order valence-electron chi connectivity index (χ1n) is 5.62. The Bertz CT molecular complexity index is 703. The molecule has 0 aliphatic rings. The van der Waals surface area contributed by atoms with Gasteiger partial charge in [0.15, 0.2) is 0 Å². The van der Waals surface area contributed by atoms with E-state index in [9.17, 15) is 8.42 Å². The monoisotopic (exact) mass is 299 g/mol. The maximum absolute atomic E-state index is 12.4. The van der Waals surface area contributed by atoms with E-state index in [2.05, 4.69) is 14.9 Å². The highest BCUT2D eigenvalue weighted by Gasteiger charge is 2.22. The molecule has 0 bridgehead atoms. The summed E-state index contributed by atoms with van der Waals surface area (Å²) in [6.45, 7) is 5.12. The Hall–Kier alpha value is -1.53. The summed E-state index contributed by atoms with van der Waals surface area (Å²) in [5, 5.41) is 7.03. The van der Waals surface area contributed by atoms with Crippen molar-refractivity contribution in [2.24, 2.45) is 0 Å². The molecular weight excluding hydrogens is 286 g/mol. The summed E-state index contributed by atoms with van der Waals surface area (Å²) in [5.74, 6) is 0. The Morgan fingerprint density at radius 2 is 1.95 bits per heavy atom. The maximum atomic E-state index is 12.4. The molecule has 2 rings (SSSR count). The molecule has 0 saturated carbocycles. The van der Waals surface area contributed by atoms with Crippen molar-refractivity contribution < 1.29 is 8.42 Å². The predicted octanol–water partition coefficient (Wildman–Crippen LogP) is 2.79. The quantitative estimate of drug-likeness (QED) is 0.915. The van der Waals surface area contributed by atoms with Crippen molar-refractivity contribution in [1.82, 2.24) is 10.2 Å². The summed E-state index contributed by atoms with van der Waals surface area (Å²) in [5.41, 5.74) is 2.20. The molecule has 7 heteroatoms. The number of halogens is 1. The predicted molar refractivity (Wildman–Crippen MR) is 75.1 cm³/mol. The van der Waals surface area contributed by atoms with Crippen LogP contribution in [0.25, 0.3) is 0 Å². The zero-order valence-electron chi connectivity index (χ0n) is 10.8. The number of H-pyrrole nitrogens is 1. The summed E-state index contributed by atoms with van der Waals surface area (Å²) in [6, 6.07) is 5.05. The first-order valence-corrected chi connectivity index (χ1v) is 7.48. The smallest absolute Gasteiger partial charge is 0.265 e. The van der Waals surface area contributed by atoms with E-state index in [0.717, 1.165) is 5.56 Å². The molecule has 0 amide bonds. The third-order valence-electron chi connectivity index (χ3n) is 2.77. The van der Waals surface area contributed by atoms with Gasteiger partial charge in [-0.15, -0.1) is 0 Å². The van der Waals surface area contributed by atoms with Crippen molar-refractivity contribution in [1.29, 1.82) is 0 Å². The van der Waals surface area contributed by atoms with Crippen LogP contribution in [0.15, 0.2) is 23.1 Å². The van der Waals surface area contributed by atoms with Crippen LogP contribution in [0.3, 0.4) is 0 Å². The standard InChI is InChI=1S/C12H14ClN3O2S/c1-7-4-5-10(13)6-11(7)16-19(17,18)12-8(2)14-15-9(12)3/h4-6,16H,1-3H3,(H,14,15). The molecule has 0 saturated heterocycles. The summed E-state index contributed by atoms with van der Waals surface area (Å²) in [6.07, 6.45) is 0. The molecule has 0 aliphatic carbocycles. The lowest BCUT2D eigenvalue weighted by atomic mass is 10.2. The Labute approximate surface area is 117 Å². The molecule has 2 N–H and O–H groups in total. The molecule has 1 aromatic heterocycles. The third-order valence-corrected chi connectivity index (χ3v) is 4.64. The topological polar surface area (TPSA) is 74.8 Å². The fourth-order valence-corrected chi connectivity index (χ4v) is 3.50. The molecular formula is C12H14ClN3O2S. The number of hydrogen-bond acceptors (Lipinski definition) is 3. The van der Waals surface area contributed by atoms with Gasteiger partial charge in [-0.2, -0.15) is 5.10 Å². The van der Waals surface area contributed by atoms with Gasteiger partial charge in [0.1, 0.15) is 4.90 Å². The second-order valence-corrected chi connectivity index (χ2v) is 6.38. The molecule has 0 aliphatic heterocycles. The fourth-order valence-electron chi connectivity index (χ4n) is 1.84. The number of hydrogen-bond donors (Lipinski definition) is 2. The highest BCUT2D eigenvalue weighted by molar-refractivity contribution is 7.92. The van der Waals surface area contributed by atoms with Crippen LogP contribution in [-0.4, -0.2) is 18.6 Å². The first-order chi connectivity index (χ1) is 8.81. The number of aryl methyl sites for hydroxylation is 3. The molecule has 0 atom stereocenters. The zero-order valence-corrected chi connectivity index (χ0v) is 12.4. The number of nitrogens with zero attached hydrogens (tertiary/aromatic N) is 1. The minimum absolute atomic E-state index is 0.173. The van der Waals surface area contributed by atoms with E-state index in [4.69, 9.17) is 11.6 Å². The second-order valence-electron chi connectivity index (χ2n) is 4.33. The van der Waals surface area contributed by atoms with Crippen LogP contribution >= 0.6 is 11.6 Å². The number of sulfonamides is 1. The highest BCUT2D eigenvalue weighted by atomic mass is 35.5. The average Bonchev–Trinajstić information content (AvgIpc) is 2.64. The van der Waals surface area contributed by atoms with Gasteiger partial charge < -0.3 is 0 Å². The SMILES string of the molecule is Cc1ccc(Cl)cc1NS(=O)(=O)c1c(C)n[nH]c1C. The Morgan fingerprint density at radius 1 is 1.26 bits per heavy atom. The van der Waals surface area contributed by atoms with Crippen LogP contribution in [0.4, 0.5) is 5.69 Å². The molecule has 102 valence electrons. The lowest BCUT2D eigenvalue weighted by Crippen LogP contribution is -2.15. The first kappa shape index (κ1) is 13.9. The highest BCUT2D eigenvalue weighted by Crippen LogP contribution is 2.25. The van der Waals surface area contributed by atoms with Crippen molar-refractivity contribution >= 4 is 27.3 Å². The van der Waals surface area contributed by atoms with Gasteiger partial charge in [0, 0.05) is 5.02 Å². The van der Waals surface area contributed by atoms with Crippen LogP contribution in [0.2, 0.25) is 5.02 Å². The molecule has 1 aromatic carbocycles. The van der Waals surface area contributed by atoms with Gasteiger partial charge in [0.25, 0.3) is 10.0 Å². The summed E-state index contributed by atoms with van der Waals surface area (Å²) < 4.78 is 27.2. The maximum Gasteiger partial charge on any atom is 0.265 e. The Kier molecular flexibility index (Phi) is 3.56. The van der Waals surface area contributed by atoms with Gasteiger partial charge in [-0.3, -0.25) is 9.82 Å². The van der Waals surface area contributed by atoms with Crippen molar-refractivity contribution in [2.45, 2.75) is 25.7 Å². The lowest BCUT2D eigenvalue weighted by Gasteiger charge is -2.11. The third kappa shape index (κ3) is 2.74. The Balaban J connectivity index is 2.45. The minimum Gasteiger partial charge on any atom is -0.281 e. The lowest BCUT2D eigenvalue weighted by molar-refractivity contribution is 0.600. The van der Waals surface area contributed by atoms with Crippen LogP contribution in [0.1, 0.15) is 17.0 Å². The number of nitrogens with one attached hydrogen (secondary N) is 2. The van der Waals surface area contributed by atoms with Gasteiger partial charge in [-0.1, -0.05) is 17.7 Å². The number of anilines is 1. The molecule has 5 nitrogen and oxygen atoms in total. The minimum atomic E-state index is -3.67. The summed E-state index contributed by atoms with van der Waals surface area (Å²) >= 11 is 5.88. The van der Waals surface area contributed by atoms with E-state index >= 15 is 0 Å². The van der Waals surface area contributed by atoms with E-state index in [0.29, 0.717) is 22.1 Å². The summed E-state index contributed by atoms with van der Waals surface area (Å²) in [7, 11) is -3.67. The number of benzene rings is 1. The molecule has 0 unspecified atom stereocenters. The van der Waals surface area contributed by atoms with E-state index in [-0.39, 0.29) is 4.90 Å². The Morgan fingerprint density at radius 3 is 2.53 bits per heavy atom. The van der Waals surface area contributed by atoms with Gasteiger partial charge in [-0.25, -0.2) is 8.42 Å². The largest absolute Gasteiger partial charge is 0.281 e. The molecule has 0 spiro atoms. The van der Waals surface area contributed by atoms with Gasteiger partial charge in [-0.05, 0) is 38.5 Å². The average molecular weight is 300 g/mol. The number of rotatable bonds is 3. The van der Waals surface area contributed by atoms with E-state index in [1.54, 1.807) is 32.0 Å². The summed E-state index contributed by atoms with van der Waals surface area (Å²) in [4.78, 5) is 0.173. The van der Waals surface area contributed by atoms with Crippen molar-refractivity contribution in [3.63, 3.8) is 0 Å². The molecule has 2 aromatic rings. The number of aromatic nitrogens is 2. The molecule has 1 heterocycles. The molecule has 0 fully saturated rings. The van der Waals surface area contributed by atoms with E-state index in [1.165, 1.54) is 0 Å². The zero-order chi connectivity index (χ0) is 14.2. The van der Waals surface area contributed by atoms with Crippen molar-refractivity contribution in [2.75, 3.05) is 4.72 Å². The molecule has 0 radical (unpaired) electrons. The van der Waals surface area contributed by atoms with Crippen LogP contribution < -0.4 is 4.72 Å². The normalized spacial score (nSPS) is 11.6. The van der Waals surface area contributed by atoms with Crippen LogP contribution in [0, 0.1) is 20.8 Å². The second kappa shape index (κ2) is 4.86. The molecule has 19 heavy (non-hydrogen) atoms. The van der Waals surface area contributed by atoms with Crippen LogP contribution in [-0.2, 0) is 10.0 Å². The number of aromatic amines is 1. The van der Waals surface area contributed by atoms with Gasteiger partial charge in [0.05, 0.1) is 17.1 Å².